The van der Waals surface area contributed by atoms with Gasteiger partial charge in [-0.15, -0.1) is 0 Å². The molecule has 18 heteroatoms. The van der Waals surface area contributed by atoms with E-state index in [9.17, 15) is 36.3 Å². The number of carbonyl (C=O) groups is 3. The van der Waals surface area contributed by atoms with Gasteiger partial charge in [-0.05, 0) is 68.2 Å². The molecule has 4 fully saturated rings. The topological polar surface area (TPSA) is 180 Å². The van der Waals surface area contributed by atoms with Gasteiger partial charge in [-0.2, -0.15) is 18.3 Å². The number of nitrogens with one attached hydrogen (secondary N) is 2. The minimum atomic E-state index is -4.46. The van der Waals surface area contributed by atoms with Gasteiger partial charge in [0.25, 0.3) is 5.91 Å². The largest absolute Gasteiger partial charge is 0.408 e. The van der Waals surface area contributed by atoms with Gasteiger partial charge in [0, 0.05) is 24.7 Å². The summed E-state index contributed by atoms with van der Waals surface area (Å²) in [5.41, 5.74) is 7.13. The van der Waals surface area contributed by atoms with Gasteiger partial charge >= 0.3 is 6.18 Å². The van der Waals surface area contributed by atoms with Crippen molar-refractivity contribution in [1.29, 1.82) is 0 Å². The molecule has 3 saturated carbocycles. The van der Waals surface area contributed by atoms with E-state index in [1.165, 1.54) is 10.7 Å². The van der Waals surface area contributed by atoms with Crippen molar-refractivity contribution in [3.8, 4) is 0 Å². The molecule has 1 aliphatic heterocycles. The Bertz CT molecular complexity index is 1580. The quantitative estimate of drug-likeness (QED) is 0.196. The van der Waals surface area contributed by atoms with Crippen LogP contribution in [0.5, 0.6) is 0 Å². The highest BCUT2D eigenvalue weighted by molar-refractivity contribution is 5.93. The molecule has 4 N–H and O–H groups in total. The number of alkyl halides is 5. The molecular weight excluding hydrogens is 719 g/mol. The van der Waals surface area contributed by atoms with Crippen molar-refractivity contribution < 1.29 is 45.7 Å². The lowest BCUT2D eigenvalue weighted by molar-refractivity contribution is -0.154. The van der Waals surface area contributed by atoms with Crippen LogP contribution in [0.25, 0.3) is 5.65 Å². The molecule has 304 valence electrons. The van der Waals surface area contributed by atoms with E-state index < -0.39 is 35.9 Å². The molecule has 0 radical (unpaired) electrons. The van der Waals surface area contributed by atoms with Crippen molar-refractivity contribution in [2.24, 2.45) is 11.7 Å². The number of hydrogen-bond donors (Lipinski definition) is 3. The Balaban J connectivity index is 0.000000374. The lowest BCUT2D eigenvalue weighted by Gasteiger charge is -2.20. The maximum atomic E-state index is 12.9. The predicted molar refractivity (Wildman–Crippen MR) is 190 cm³/mol. The summed E-state index contributed by atoms with van der Waals surface area (Å²) in [4.78, 5) is 38.7. The highest BCUT2D eigenvalue weighted by atomic mass is 19.4. The molecule has 1 saturated heterocycles. The average molecular weight is 775 g/mol. The minimum absolute atomic E-state index is 0.0880. The number of ether oxygens (including phenoxy) is 1. The van der Waals surface area contributed by atoms with Gasteiger partial charge in [-0.3, -0.25) is 14.4 Å². The second-order valence-corrected chi connectivity index (χ2v) is 12.5. The first-order chi connectivity index (χ1) is 25.8. The number of amides is 3. The van der Waals surface area contributed by atoms with Crippen LogP contribution >= 0.6 is 0 Å². The third-order valence-electron chi connectivity index (χ3n) is 8.21. The fourth-order valence-electron chi connectivity index (χ4n) is 5.31. The number of aromatic nitrogens is 5. The Hall–Kier alpha value is -4.22. The molecule has 0 bridgehead atoms. The average Bonchev–Trinajstić information content (AvgIpc) is 4.05. The second-order valence-electron chi connectivity index (χ2n) is 12.5. The zero-order valence-corrected chi connectivity index (χ0v) is 32.0. The number of rotatable bonds is 9. The monoisotopic (exact) mass is 774 g/mol. The summed E-state index contributed by atoms with van der Waals surface area (Å²) in [6.07, 6.45) is 5.57. The molecule has 0 aromatic carbocycles. The number of primary amides is 1. The highest BCUT2D eigenvalue weighted by Gasteiger charge is 2.47. The van der Waals surface area contributed by atoms with Gasteiger partial charge in [-0.1, -0.05) is 53.1 Å². The van der Waals surface area contributed by atoms with Crippen LogP contribution in [0.4, 0.5) is 22.0 Å². The van der Waals surface area contributed by atoms with Crippen molar-refractivity contribution >= 4 is 23.4 Å². The first-order valence-corrected chi connectivity index (χ1v) is 18.9. The zero-order valence-electron chi connectivity index (χ0n) is 32.0. The number of imidazole rings is 1. The van der Waals surface area contributed by atoms with Crippen LogP contribution in [0, 0.1) is 5.92 Å². The summed E-state index contributed by atoms with van der Waals surface area (Å²) in [6.45, 7) is 12.2. The van der Waals surface area contributed by atoms with E-state index in [2.05, 4.69) is 30.3 Å². The lowest BCUT2D eigenvalue weighted by atomic mass is 9.97. The fourth-order valence-corrected chi connectivity index (χ4v) is 5.31. The Morgan fingerprint density at radius 1 is 1.04 bits per heavy atom. The highest BCUT2D eigenvalue weighted by Crippen LogP contribution is 2.40. The standard InChI is InChI=1S/C19H18F3N7O3.C6H10F2.C5H9NO2.3C2H6/c20-19(21,22)13-5-11(17(30)26-13)3-9-4-14-25-12(8-29(14)24-6-9)7-23-18(31)16-15(10-1-2-10)27-32-28-16;7-6(8)4-2-1-3-5-6;6-5(7)3-8-4-1-2-4;3*1-2/h4,6,8,10-11,13H,1-3,5,7H2,(H,23,31)(H,26,30);1-5H2;4H,1-3H2,(H2,6,7);3*1-2H3. The number of halogens is 5. The molecule has 3 aromatic heterocycles. The molecular formula is C36H55F5N8O5. The third kappa shape index (κ3) is 15.3. The van der Waals surface area contributed by atoms with Gasteiger partial charge in [0.2, 0.25) is 17.7 Å². The van der Waals surface area contributed by atoms with Gasteiger partial charge in [0.15, 0.2) is 11.3 Å². The first-order valence-electron chi connectivity index (χ1n) is 18.9. The molecule has 4 heterocycles. The number of nitrogens with zero attached hydrogens (tertiary/aromatic N) is 5. The molecule has 7 rings (SSSR count). The van der Waals surface area contributed by atoms with E-state index in [-0.39, 0.29) is 56.4 Å². The van der Waals surface area contributed by atoms with Crippen molar-refractivity contribution in [2.75, 3.05) is 6.61 Å². The summed E-state index contributed by atoms with van der Waals surface area (Å²) in [5, 5.41) is 16.4. The van der Waals surface area contributed by atoms with E-state index in [0.717, 1.165) is 32.1 Å². The molecule has 3 aliphatic carbocycles. The summed E-state index contributed by atoms with van der Waals surface area (Å²) in [5.74, 6) is -4.29. The zero-order chi connectivity index (χ0) is 40.5. The smallest absolute Gasteiger partial charge is 0.368 e. The van der Waals surface area contributed by atoms with Crippen molar-refractivity contribution in [1.82, 2.24) is 35.5 Å². The number of fused-ring (bicyclic) bond motifs is 1. The Labute approximate surface area is 312 Å². The first kappa shape index (κ1) is 45.9. The second kappa shape index (κ2) is 22.2. The summed E-state index contributed by atoms with van der Waals surface area (Å²) < 4.78 is 74.1. The Morgan fingerprint density at radius 3 is 2.20 bits per heavy atom. The maximum absolute atomic E-state index is 12.9. The van der Waals surface area contributed by atoms with E-state index in [1.54, 1.807) is 12.3 Å². The molecule has 3 amide bonds. The van der Waals surface area contributed by atoms with E-state index in [4.69, 9.17) is 10.5 Å². The molecule has 13 nitrogen and oxygen atoms in total. The molecule has 4 aliphatic rings. The lowest BCUT2D eigenvalue weighted by Crippen LogP contribution is -2.38. The van der Waals surface area contributed by atoms with Crippen molar-refractivity contribution in [2.45, 2.75) is 149 Å². The van der Waals surface area contributed by atoms with Gasteiger partial charge in [0.05, 0.1) is 30.7 Å². The molecule has 0 spiro atoms. The van der Waals surface area contributed by atoms with E-state index >= 15 is 0 Å². The summed E-state index contributed by atoms with van der Waals surface area (Å²) in [6, 6.07) is -0.155. The third-order valence-corrected chi connectivity index (χ3v) is 8.21. The molecule has 54 heavy (non-hydrogen) atoms. The maximum Gasteiger partial charge on any atom is 0.408 e. The van der Waals surface area contributed by atoms with Crippen LogP contribution in [0.3, 0.4) is 0 Å². The number of nitrogens with two attached hydrogens (primary N) is 1. The SMILES string of the molecule is CC.CC.CC.FC1(F)CCCCC1.NC(=O)COC1CC1.O=C(NCc1cn2ncc(CC3CC(C(F)(F)F)NC3=O)cc2n1)c1nonc1C1CC1. The number of carbonyl (C=O) groups excluding carboxylic acids is 3. The van der Waals surface area contributed by atoms with Crippen LogP contribution in [0.15, 0.2) is 23.1 Å². The fraction of sp³-hybridized carbons (Fsp3) is 0.694. The van der Waals surface area contributed by atoms with Gasteiger partial charge in [-0.25, -0.2) is 22.9 Å². The van der Waals surface area contributed by atoms with Crippen LogP contribution in [0.2, 0.25) is 0 Å². The van der Waals surface area contributed by atoms with E-state index in [1.807, 2.05) is 46.9 Å². The van der Waals surface area contributed by atoms with Gasteiger partial charge in [0.1, 0.15) is 18.3 Å². The van der Waals surface area contributed by atoms with Crippen LogP contribution < -0.4 is 16.4 Å². The van der Waals surface area contributed by atoms with E-state index in [0.29, 0.717) is 41.5 Å². The van der Waals surface area contributed by atoms with Crippen molar-refractivity contribution in [3.05, 3.63) is 41.1 Å². The number of hydrogen-bond acceptors (Lipinski definition) is 9. The molecule has 3 aromatic rings. The molecule has 2 unspecified atom stereocenters. The van der Waals surface area contributed by atoms with Crippen molar-refractivity contribution in [3.63, 3.8) is 0 Å². The van der Waals surface area contributed by atoms with Crippen LogP contribution in [-0.2, 0) is 27.3 Å². The van der Waals surface area contributed by atoms with Crippen LogP contribution in [0.1, 0.15) is 139 Å². The predicted octanol–water partition coefficient (Wildman–Crippen LogP) is 6.84. The summed E-state index contributed by atoms with van der Waals surface area (Å²) >= 11 is 0. The minimum Gasteiger partial charge on any atom is -0.368 e. The normalized spacial score (nSPS) is 19.7. The molecule has 2 atom stereocenters. The Morgan fingerprint density at radius 2 is 1.69 bits per heavy atom. The summed E-state index contributed by atoms with van der Waals surface area (Å²) in [7, 11) is 0. The Kier molecular flexibility index (Phi) is 18.9. The van der Waals surface area contributed by atoms with Crippen LogP contribution in [-0.4, -0.2) is 73.5 Å². The van der Waals surface area contributed by atoms with Gasteiger partial charge < -0.3 is 21.1 Å².